The summed E-state index contributed by atoms with van der Waals surface area (Å²) in [5.74, 6) is -0.235. The van der Waals surface area contributed by atoms with E-state index in [1.54, 1.807) is 0 Å². The van der Waals surface area contributed by atoms with E-state index in [9.17, 15) is 4.79 Å². The van der Waals surface area contributed by atoms with Crippen LogP contribution < -0.4 is 5.32 Å². The van der Waals surface area contributed by atoms with Gasteiger partial charge in [0.25, 0.3) is 0 Å². The van der Waals surface area contributed by atoms with E-state index in [1.165, 1.54) is 32.8 Å². The van der Waals surface area contributed by atoms with Crippen molar-refractivity contribution < 1.29 is 14.3 Å². The van der Waals surface area contributed by atoms with Crippen LogP contribution in [0.3, 0.4) is 0 Å². The van der Waals surface area contributed by atoms with Gasteiger partial charge >= 0.3 is 5.97 Å². The van der Waals surface area contributed by atoms with Gasteiger partial charge in [-0.25, -0.2) is 4.79 Å². The maximum absolute atomic E-state index is 11.3. The molecule has 104 valence electrons. The van der Waals surface area contributed by atoms with E-state index in [0.29, 0.717) is 19.1 Å². The van der Waals surface area contributed by atoms with Crippen LogP contribution in [-0.2, 0) is 14.3 Å². The van der Waals surface area contributed by atoms with Crippen LogP contribution in [0.1, 0.15) is 39.0 Å². The minimum atomic E-state index is -0.235. The Kier molecular flexibility index (Phi) is 7.69. The van der Waals surface area contributed by atoms with Crippen molar-refractivity contribution in [3.63, 3.8) is 0 Å². The predicted molar refractivity (Wildman–Crippen MR) is 71.5 cm³/mol. The molecule has 0 aromatic rings. The van der Waals surface area contributed by atoms with Crippen molar-refractivity contribution in [2.45, 2.75) is 45.1 Å². The van der Waals surface area contributed by atoms with Gasteiger partial charge in [0, 0.05) is 18.7 Å². The molecule has 0 atom stereocenters. The number of carbonyl (C=O) groups excluding carboxylic acids is 1. The fourth-order valence-corrected chi connectivity index (χ4v) is 2.15. The van der Waals surface area contributed by atoms with Crippen LogP contribution in [-0.4, -0.2) is 38.9 Å². The molecule has 1 aliphatic carbocycles. The van der Waals surface area contributed by atoms with E-state index in [0.717, 1.165) is 18.7 Å². The molecule has 0 bridgehead atoms. The maximum Gasteiger partial charge on any atom is 0.333 e. The van der Waals surface area contributed by atoms with Crippen molar-refractivity contribution in [1.29, 1.82) is 0 Å². The molecule has 4 heteroatoms. The van der Waals surface area contributed by atoms with E-state index in [-0.39, 0.29) is 5.97 Å². The van der Waals surface area contributed by atoms with Gasteiger partial charge in [-0.2, -0.15) is 0 Å². The second kappa shape index (κ2) is 9.11. The molecule has 0 aromatic carbocycles. The Balaban J connectivity index is 2.05. The predicted octanol–water partition coefficient (Wildman–Crippen LogP) is 2.04. The van der Waals surface area contributed by atoms with Crippen molar-refractivity contribution in [3.05, 3.63) is 11.6 Å². The van der Waals surface area contributed by atoms with Crippen LogP contribution >= 0.6 is 0 Å². The Hall–Kier alpha value is -0.870. The summed E-state index contributed by atoms with van der Waals surface area (Å²) in [7, 11) is 1.41. The van der Waals surface area contributed by atoms with Gasteiger partial charge in [0.2, 0.25) is 0 Å². The Morgan fingerprint density at radius 2 is 2.11 bits per heavy atom. The molecule has 0 radical (unpaired) electrons. The Morgan fingerprint density at radius 3 is 2.72 bits per heavy atom. The largest absolute Gasteiger partial charge is 0.466 e. The van der Waals surface area contributed by atoms with Crippen molar-refractivity contribution in [1.82, 2.24) is 5.32 Å². The molecule has 0 heterocycles. The summed E-state index contributed by atoms with van der Waals surface area (Å²) in [5.41, 5.74) is 0.724. The highest BCUT2D eigenvalue weighted by molar-refractivity contribution is 5.88. The van der Waals surface area contributed by atoms with Gasteiger partial charge in [-0.3, -0.25) is 0 Å². The van der Waals surface area contributed by atoms with Crippen molar-refractivity contribution in [3.8, 4) is 0 Å². The summed E-state index contributed by atoms with van der Waals surface area (Å²) < 4.78 is 10.4. The van der Waals surface area contributed by atoms with Gasteiger partial charge in [-0.15, -0.1) is 0 Å². The molecular weight excluding hydrogens is 230 g/mol. The summed E-state index contributed by atoms with van der Waals surface area (Å²) in [5, 5.41) is 3.24. The van der Waals surface area contributed by atoms with Crippen molar-refractivity contribution >= 4 is 5.97 Å². The Labute approximate surface area is 110 Å². The van der Waals surface area contributed by atoms with E-state index >= 15 is 0 Å². The number of hydrogen-bond donors (Lipinski definition) is 1. The average Bonchev–Trinajstić information content (AvgIpc) is 2.90. The van der Waals surface area contributed by atoms with Crippen LogP contribution in [0, 0.1) is 0 Å². The van der Waals surface area contributed by atoms with E-state index < -0.39 is 0 Å². The second-order valence-electron chi connectivity index (χ2n) is 4.56. The topological polar surface area (TPSA) is 47.6 Å². The minimum Gasteiger partial charge on any atom is -0.466 e. The molecule has 1 N–H and O–H groups in total. The standard InChI is InChI=1S/C14H25NO3/c1-3-12(14(16)17-2)8-9-15-10-11-18-13-6-4-5-7-13/h8,13,15H,3-7,9-11H2,1-2H3. The van der Waals surface area contributed by atoms with Crippen molar-refractivity contribution in [2.75, 3.05) is 26.8 Å². The van der Waals surface area contributed by atoms with Gasteiger partial charge in [0.15, 0.2) is 0 Å². The van der Waals surface area contributed by atoms with E-state index in [2.05, 4.69) is 10.1 Å². The molecule has 0 amide bonds. The SMILES string of the molecule is CCC(=CCNCCOC1CCCC1)C(=O)OC. The lowest BCUT2D eigenvalue weighted by Gasteiger charge is -2.11. The monoisotopic (exact) mass is 255 g/mol. The highest BCUT2D eigenvalue weighted by atomic mass is 16.5. The quantitative estimate of drug-likeness (QED) is 0.409. The van der Waals surface area contributed by atoms with Gasteiger partial charge in [0.05, 0.1) is 19.8 Å². The number of esters is 1. The number of carbonyl (C=O) groups is 1. The third-order valence-corrected chi connectivity index (χ3v) is 3.26. The zero-order valence-corrected chi connectivity index (χ0v) is 11.5. The highest BCUT2D eigenvalue weighted by Gasteiger charge is 2.14. The smallest absolute Gasteiger partial charge is 0.333 e. The zero-order chi connectivity index (χ0) is 13.2. The summed E-state index contributed by atoms with van der Waals surface area (Å²) in [6.07, 6.45) is 8.10. The van der Waals surface area contributed by atoms with Crippen LogP contribution in [0.5, 0.6) is 0 Å². The normalized spacial score (nSPS) is 17.1. The third-order valence-electron chi connectivity index (χ3n) is 3.26. The summed E-state index contributed by atoms with van der Waals surface area (Å²) in [4.78, 5) is 11.3. The highest BCUT2D eigenvalue weighted by Crippen LogP contribution is 2.20. The molecule has 0 saturated heterocycles. The first-order chi connectivity index (χ1) is 8.77. The molecule has 18 heavy (non-hydrogen) atoms. The molecule has 1 fully saturated rings. The summed E-state index contributed by atoms with van der Waals surface area (Å²) in [6.45, 7) is 4.21. The number of rotatable bonds is 8. The molecule has 1 aliphatic rings. The number of methoxy groups -OCH3 is 1. The lowest BCUT2D eigenvalue weighted by Crippen LogP contribution is -2.22. The molecule has 1 rings (SSSR count). The van der Waals surface area contributed by atoms with Gasteiger partial charge in [-0.1, -0.05) is 25.8 Å². The third kappa shape index (κ3) is 5.65. The van der Waals surface area contributed by atoms with Crippen LogP contribution in [0.25, 0.3) is 0 Å². The molecule has 0 spiro atoms. The summed E-state index contributed by atoms with van der Waals surface area (Å²) >= 11 is 0. The van der Waals surface area contributed by atoms with Gasteiger partial charge < -0.3 is 14.8 Å². The van der Waals surface area contributed by atoms with Gasteiger partial charge in [0.1, 0.15) is 0 Å². The van der Waals surface area contributed by atoms with Crippen LogP contribution in [0.2, 0.25) is 0 Å². The van der Waals surface area contributed by atoms with Gasteiger partial charge in [-0.05, 0) is 19.3 Å². The number of hydrogen-bond acceptors (Lipinski definition) is 4. The molecule has 4 nitrogen and oxygen atoms in total. The Morgan fingerprint density at radius 1 is 1.39 bits per heavy atom. The molecule has 0 aliphatic heterocycles. The first-order valence-electron chi connectivity index (χ1n) is 6.87. The Bertz CT molecular complexity index is 270. The molecule has 0 aromatic heterocycles. The lowest BCUT2D eigenvalue weighted by atomic mass is 10.2. The summed E-state index contributed by atoms with van der Waals surface area (Å²) in [6, 6.07) is 0. The van der Waals surface area contributed by atoms with E-state index in [1.807, 2.05) is 13.0 Å². The van der Waals surface area contributed by atoms with Crippen LogP contribution in [0.15, 0.2) is 11.6 Å². The minimum absolute atomic E-state index is 0.235. The fraction of sp³-hybridized carbons (Fsp3) is 0.786. The molecular formula is C14H25NO3. The molecule has 0 unspecified atom stereocenters. The average molecular weight is 255 g/mol. The number of nitrogens with one attached hydrogen (secondary N) is 1. The number of ether oxygens (including phenoxy) is 2. The zero-order valence-electron chi connectivity index (χ0n) is 11.5. The van der Waals surface area contributed by atoms with Crippen LogP contribution in [0.4, 0.5) is 0 Å². The first-order valence-corrected chi connectivity index (χ1v) is 6.87. The lowest BCUT2D eigenvalue weighted by molar-refractivity contribution is -0.136. The molecule has 1 saturated carbocycles. The van der Waals surface area contributed by atoms with E-state index in [4.69, 9.17) is 4.74 Å². The second-order valence-corrected chi connectivity index (χ2v) is 4.56. The fourth-order valence-electron chi connectivity index (χ4n) is 2.15. The van der Waals surface area contributed by atoms with Crippen molar-refractivity contribution in [2.24, 2.45) is 0 Å². The maximum atomic E-state index is 11.3. The first kappa shape index (κ1) is 15.2.